The van der Waals surface area contributed by atoms with Crippen molar-refractivity contribution in [1.82, 2.24) is 10.2 Å². The first-order valence-corrected chi connectivity index (χ1v) is 7.02. The lowest BCUT2D eigenvalue weighted by molar-refractivity contribution is -0.151. The maximum atomic E-state index is 12.5. The summed E-state index contributed by atoms with van der Waals surface area (Å²) in [6, 6.07) is 0.433. The SMILES string of the molecule is O=C([C@@H]1CCCN1)N1CCOC2CCCCC21. The number of nitrogens with zero attached hydrogens (tertiary/aromatic N) is 1. The van der Waals surface area contributed by atoms with Gasteiger partial charge in [-0.15, -0.1) is 0 Å². The van der Waals surface area contributed by atoms with Gasteiger partial charge in [-0.3, -0.25) is 4.79 Å². The zero-order valence-electron chi connectivity index (χ0n) is 10.4. The molecule has 96 valence electrons. The van der Waals surface area contributed by atoms with E-state index in [0.29, 0.717) is 18.1 Å². The van der Waals surface area contributed by atoms with Crippen LogP contribution in [0.5, 0.6) is 0 Å². The third-order valence-corrected chi connectivity index (χ3v) is 4.37. The summed E-state index contributed by atoms with van der Waals surface area (Å²) in [4.78, 5) is 14.6. The standard InChI is InChI=1S/C13H22N2O2/c16-13(10-4-3-7-14-10)15-8-9-17-12-6-2-1-5-11(12)15/h10-12,14H,1-9H2/t10-,11?,12?/m0/s1. The molecule has 2 heterocycles. The number of ether oxygens (including phenoxy) is 1. The van der Waals surface area contributed by atoms with Crippen LogP contribution in [0.15, 0.2) is 0 Å². The highest BCUT2D eigenvalue weighted by Gasteiger charge is 2.39. The number of hydrogen-bond acceptors (Lipinski definition) is 3. The monoisotopic (exact) mass is 238 g/mol. The summed E-state index contributed by atoms with van der Waals surface area (Å²) in [6.07, 6.45) is 7.21. The predicted molar refractivity (Wildman–Crippen MR) is 64.7 cm³/mol. The van der Waals surface area contributed by atoms with Gasteiger partial charge in [-0.2, -0.15) is 0 Å². The van der Waals surface area contributed by atoms with Crippen molar-refractivity contribution in [2.45, 2.75) is 56.7 Å². The van der Waals surface area contributed by atoms with Gasteiger partial charge in [0.2, 0.25) is 5.91 Å². The maximum absolute atomic E-state index is 12.5. The molecule has 1 N–H and O–H groups in total. The van der Waals surface area contributed by atoms with Crippen molar-refractivity contribution in [2.24, 2.45) is 0 Å². The molecule has 1 amide bonds. The van der Waals surface area contributed by atoms with Crippen LogP contribution >= 0.6 is 0 Å². The molecule has 3 fully saturated rings. The van der Waals surface area contributed by atoms with Crippen molar-refractivity contribution in [2.75, 3.05) is 19.7 Å². The van der Waals surface area contributed by atoms with Crippen LogP contribution in [0.4, 0.5) is 0 Å². The highest BCUT2D eigenvalue weighted by molar-refractivity contribution is 5.82. The summed E-state index contributed by atoms with van der Waals surface area (Å²) >= 11 is 0. The van der Waals surface area contributed by atoms with E-state index >= 15 is 0 Å². The molecule has 0 bridgehead atoms. The molecule has 0 spiro atoms. The van der Waals surface area contributed by atoms with Gasteiger partial charge in [-0.1, -0.05) is 12.8 Å². The van der Waals surface area contributed by atoms with Crippen molar-refractivity contribution in [3.05, 3.63) is 0 Å². The van der Waals surface area contributed by atoms with Gasteiger partial charge in [0.15, 0.2) is 0 Å². The molecule has 3 aliphatic rings. The number of carbonyl (C=O) groups is 1. The summed E-state index contributed by atoms with van der Waals surface area (Å²) in [7, 11) is 0. The number of rotatable bonds is 1. The van der Waals surface area contributed by atoms with Crippen LogP contribution in [0.2, 0.25) is 0 Å². The van der Waals surface area contributed by atoms with Crippen LogP contribution in [0.3, 0.4) is 0 Å². The molecule has 2 unspecified atom stereocenters. The number of nitrogens with one attached hydrogen (secondary N) is 1. The molecule has 3 atom stereocenters. The van der Waals surface area contributed by atoms with Crippen LogP contribution in [-0.2, 0) is 9.53 Å². The Hall–Kier alpha value is -0.610. The van der Waals surface area contributed by atoms with E-state index in [9.17, 15) is 4.79 Å². The summed E-state index contributed by atoms with van der Waals surface area (Å²) in [5, 5.41) is 3.32. The maximum Gasteiger partial charge on any atom is 0.240 e. The van der Waals surface area contributed by atoms with Gasteiger partial charge < -0.3 is 15.0 Å². The van der Waals surface area contributed by atoms with E-state index in [1.165, 1.54) is 12.8 Å². The largest absolute Gasteiger partial charge is 0.374 e. The number of carbonyl (C=O) groups excluding carboxylic acids is 1. The fourth-order valence-corrected chi connectivity index (χ4v) is 3.47. The van der Waals surface area contributed by atoms with Crippen molar-refractivity contribution in [3.63, 3.8) is 0 Å². The molecule has 2 saturated heterocycles. The minimum atomic E-state index is 0.0793. The second-order valence-corrected chi connectivity index (χ2v) is 5.44. The summed E-state index contributed by atoms with van der Waals surface area (Å²) in [6.45, 7) is 2.51. The second kappa shape index (κ2) is 4.94. The Labute approximate surface area is 103 Å². The van der Waals surface area contributed by atoms with Crippen molar-refractivity contribution in [1.29, 1.82) is 0 Å². The molecule has 17 heavy (non-hydrogen) atoms. The van der Waals surface area contributed by atoms with Crippen molar-refractivity contribution in [3.8, 4) is 0 Å². The zero-order chi connectivity index (χ0) is 11.7. The van der Waals surface area contributed by atoms with Gasteiger partial charge in [0.05, 0.1) is 24.8 Å². The Morgan fingerprint density at radius 3 is 2.88 bits per heavy atom. The molecular weight excluding hydrogens is 216 g/mol. The average molecular weight is 238 g/mol. The average Bonchev–Trinajstić information content (AvgIpc) is 2.91. The van der Waals surface area contributed by atoms with E-state index in [4.69, 9.17) is 4.74 Å². The highest BCUT2D eigenvalue weighted by Crippen LogP contribution is 2.29. The molecule has 0 aromatic heterocycles. The van der Waals surface area contributed by atoms with Gasteiger partial charge in [-0.05, 0) is 32.2 Å². The fourth-order valence-electron chi connectivity index (χ4n) is 3.47. The lowest BCUT2D eigenvalue weighted by atomic mass is 9.89. The number of amides is 1. The molecular formula is C13H22N2O2. The van der Waals surface area contributed by atoms with Gasteiger partial charge in [0.25, 0.3) is 0 Å². The van der Waals surface area contributed by atoms with E-state index in [2.05, 4.69) is 10.2 Å². The van der Waals surface area contributed by atoms with Crippen molar-refractivity contribution >= 4 is 5.91 Å². The first-order chi connectivity index (χ1) is 8.36. The fraction of sp³-hybridized carbons (Fsp3) is 0.923. The van der Waals surface area contributed by atoms with Gasteiger partial charge >= 0.3 is 0 Å². The quantitative estimate of drug-likeness (QED) is 0.738. The Kier molecular flexibility index (Phi) is 3.34. The van der Waals surface area contributed by atoms with E-state index in [1.807, 2.05) is 0 Å². The van der Waals surface area contributed by atoms with Gasteiger partial charge in [0, 0.05) is 6.54 Å². The third kappa shape index (κ3) is 2.20. The van der Waals surface area contributed by atoms with E-state index in [0.717, 1.165) is 45.4 Å². The smallest absolute Gasteiger partial charge is 0.240 e. The minimum absolute atomic E-state index is 0.0793. The van der Waals surface area contributed by atoms with Crippen molar-refractivity contribution < 1.29 is 9.53 Å². The first-order valence-electron chi connectivity index (χ1n) is 7.02. The van der Waals surface area contributed by atoms with E-state index in [1.54, 1.807) is 0 Å². The summed E-state index contributed by atoms with van der Waals surface area (Å²) in [5.74, 6) is 0.322. The van der Waals surface area contributed by atoms with Crippen LogP contribution in [-0.4, -0.2) is 48.7 Å². The molecule has 2 aliphatic heterocycles. The van der Waals surface area contributed by atoms with E-state index < -0.39 is 0 Å². The molecule has 0 radical (unpaired) electrons. The predicted octanol–water partition coefficient (Wildman–Crippen LogP) is 0.908. The van der Waals surface area contributed by atoms with Gasteiger partial charge in [0.1, 0.15) is 0 Å². The molecule has 0 aromatic rings. The topological polar surface area (TPSA) is 41.6 Å². The Morgan fingerprint density at radius 1 is 1.18 bits per heavy atom. The Bertz CT molecular complexity index is 287. The number of fused-ring (bicyclic) bond motifs is 1. The highest BCUT2D eigenvalue weighted by atomic mass is 16.5. The van der Waals surface area contributed by atoms with Gasteiger partial charge in [-0.25, -0.2) is 0 Å². The molecule has 1 saturated carbocycles. The van der Waals surface area contributed by atoms with Crippen LogP contribution in [0.25, 0.3) is 0 Å². The lowest BCUT2D eigenvalue weighted by Gasteiger charge is -2.44. The normalized spacial score (nSPS) is 37.9. The second-order valence-electron chi connectivity index (χ2n) is 5.44. The van der Waals surface area contributed by atoms with E-state index in [-0.39, 0.29) is 6.04 Å². The number of hydrogen-bond donors (Lipinski definition) is 1. The molecule has 1 aliphatic carbocycles. The Morgan fingerprint density at radius 2 is 2.06 bits per heavy atom. The lowest BCUT2D eigenvalue weighted by Crippen LogP contribution is -2.58. The zero-order valence-corrected chi connectivity index (χ0v) is 10.4. The molecule has 3 rings (SSSR count). The van der Waals surface area contributed by atoms with Crippen LogP contribution < -0.4 is 5.32 Å². The summed E-state index contributed by atoms with van der Waals surface area (Å²) < 4.78 is 5.81. The van der Waals surface area contributed by atoms with Crippen LogP contribution in [0.1, 0.15) is 38.5 Å². The summed E-state index contributed by atoms with van der Waals surface area (Å²) in [5.41, 5.74) is 0. The third-order valence-electron chi connectivity index (χ3n) is 4.37. The van der Waals surface area contributed by atoms with Crippen LogP contribution in [0, 0.1) is 0 Å². The Balaban J connectivity index is 1.69. The molecule has 0 aromatic carbocycles. The first kappa shape index (κ1) is 11.5. The molecule has 4 nitrogen and oxygen atoms in total. The number of morpholine rings is 1. The minimum Gasteiger partial charge on any atom is -0.374 e. The molecule has 4 heteroatoms.